The Morgan fingerprint density at radius 3 is 2.46 bits per heavy atom. The molecule has 0 amide bonds. The van der Waals surface area contributed by atoms with Crippen molar-refractivity contribution in [1.82, 2.24) is 14.4 Å². The van der Waals surface area contributed by atoms with Gasteiger partial charge in [0.25, 0.3) is 0 Å². The van der Waals surface area contributed by atoms with Crippen LogP contribution in [0, 0.1) is 13.8 Å². The van der Waals surface area contributed by atoms with Crippen LogP contribution in [0.1, 0.15) is 23.9 Å². The number of aryl methyl sites for hydroxylation is 2. The minimum absolute atomic E-state index is 0.109. The minimum atomic E-state index is -4.42. The fourth-order valence-electron chi connectivity index (χ4n) is 2.92. The third-order valence-corrected chi connectivity index (χ3v) is 4.10. The van der Waals surface area contributed by atoms with Crippen LogP contribution in [-0.2, 0) is 15.7 Å². The molecule has 3 rings (SSSR count). The van der Waals surface area contributed by atoms with E-state index in [0.717, 1.165) is 23.5 Å². The number of halogens is 3. The van der Waals surface area contributed by atoms with E-state index >= 15 is 0 Å². The van der Waals surface area contributed by atoms with Gasteiger partial charge in [-0.15, -0.1) is 0 Å². The van der Waals surface area contributed by atoms with Gasteiger partial charge in [0.05, 0.1) is 12.2 Å². The van der Waals surface area contributed by atoms with E-state index in [0.29, 0.717) is 22.9 Å². The number of imidazole rings is 1. The highest BCUT2D eigenvalue weighted by Crippen LogP contribution is 2.33. The van der Waals surface area contributed by atoms with Crippen molar-refractivity contribution in [2.24, 2.45) is 0 Å². The maximum atomic E-state index is 12.9. The van der Waals surface area contributed by atoms with Crippen LogP contribution >= 0.6 is 0 Å². The van der Waals surface area contributed by atoms with Crippen LogP contribution in [0.25, 0.3) is 17.0 Å². The van der Waals surface area contributed by atoms with Gasteiger partial charge in [-0.1, -0.05) is 12.1 Å². The van der Waals surface area contributed by atoms with Crippen molar-refractivity contribution < 1.29 is 22.7 Å². The number of nitrogens with one attached hydrogen (secondary N) is 1. The van der Waals surface area contributed by atoms with E-state index in [9.17, 15) is 18.0 Å². The first-order valence-electron chi connectivity index (χ1n) is 8.64. The van der Waals surface area contributed by atoms with Crippen LogP contribution < -0.4 is 5.32 Å². The molecule has 0 saturated heterocycles. The van der Waals surface area contributed by atoms with Gasteiger partial charge in [0, 0.05) is 17.0 Å². The molecule has 1 N–H and O–H groups in total. The maximum Gasteiger partial charge on any atom is 0.416 e. The summed E-state index contributed by atoms with van der Waals surface area (Å²) in [6.45, 7) is 5.53. The third kappa shape index (κ3) is 3.92. The number of hydrogen-bond donors (Lipinski definition) is 1. The molecule has 0 aliphatic heterocycles. The van der Waals surface area contributed by atoms with Gasteiger partial charge in [0.2, 0.25) is 5.78 Å². The fourth-order valence-corrected chi connectivity index (χ4v) is 2.92. The zero-order valence-electron chi connectivity index (χ0n) is 15.6. The number of hydrogen-bond acceptors (Lipinski definition) is 5. The second kappa shape index (κ2) is 7.49. The van der Waals surface area contributed by atoms with Crippen LogP contribution in [0.5, 0.6) is 0 Å². The summed E-state index contributed by atoms with van der Waals surface area (Å²) in [5.74, 6) is 0.403. The Morgan fingerprint density at radius 1 is 1.18 bits per heavy atom. The summed E-state index contributed by atoms with van der Waals surface area (Å²) < 4.78 is 45.2. The smallest absolute Gasteiger partial charge is 0.416 e. The van der Waals surface area contributed by atoms with E-state index in [1.165, 1.54) is 12.1 Å². The van der Waals surface area contributed by atoms with Gasteiger partial charge < -0.3 is 10.1 Å². The first-order chi connectivity index (χ1) is 13.2. The molecular weight excluding hydrogens is 373 g/mol. The standard InChI is InChI=1S/C19H19F3N4O2/c1-4-28-15(27)10-23-17-16(13-5-7-14(8-6-13)19(20,21)22)25-18-24-11(2)9-12(3)26(17)18/h5-9,23H,4,10H2,1-3H3. The molecule has 0 unspecified atom stereocenters. The predicted octanol–water partition coefficient (Wildman–Crippen LogP) is 4.01. The molecule has 0 aliphatic rings. The van der Waals surface area contributed by atoms with Gasteiger partial charge in [-0.05, 0) is 39.0 Å². The van der Waals surface area contributed by atoms with E-state index in [2.05, 4.69) is 15.3 Å². The molecule has 0 radical (unpaired) electrons. The van der Waals surface area contributed by atoms with Gasteiger partial charge in [0.1, 0.15) is 18.1 Å². The number of ether oxygens (including phenoxy) is 1. The summed E-state index contributed by atoms with van der Waals surface area (Å²) in [4.78, 5) is 20.6. The highest BCUT2D eigenvalue weighted by atomic mass is 19.4. The highest BCUT2D eigenvalue weighted by molar-refractivity contribution is 5.80. The van der Waals surface area contributed by atoms with Gasteiger partial charge in [-0.2, -0.15) is 13.2 Å². The Bertz CT molecular complexity index is 1010. The second-order valence-electron chi connectivity index (χ2n) is 6.22. The lowest BCUT2D eigenvalue weighted by atomic mass is 10.1. The van der Waals surface area contributed by atoms with Crippen LogP contribution in [0.15, 0.2) is 30.3 Å². The lowest BCUT2D eigenvalue weighted by Gasteiger charge is -2.11. The molecule has 0 spiro atoms. The molecule has 0 atom stereocenters. The van der Waals surface area contributed by atoms with E-state index in [4.69, 9.17) is 4.74 Å². The molecule has 0 saturated carbocycles. The molecule has 1 aromatic carbocycles. The molecule has 3 aromatic rings. The summed E-state index contributed by atoms with van der Waals surface area (Å²) in [6, 6.07) is 6.55. The molecule has 0 fully saturated rings. The first kappa shape index (κ1) is 19.7. The van der Waals surface area contributed by atoms with Crippen LogP contribution in [0.3, 0.4) is 0 Å². The second-order valence-corrected chi connectivity index (χ2v) is 6.22. The number of benzene rings is 1. The van der Waals surface area contributed by atoms with Crippen LogP contribution in [0.4, 0.5) is 19.0 Å². The summed E-state index contributed by atoms with van der Waals surface area (Å²) in [5, 5.41) is 2.99. The maximum absolute atomic E-state index is 12.9. The van der Waals surface area contributed by atoms with Crippen LogP contribution in [0.2, 0.25) is 0 Å². The molecule has 0 aliphatic carbocycles. The monoisotopic (exact) mass is 392 g/mol. The van der Waals surface area contributed by atoms with Gasteiger partial charge in [-0.25, -0.2) is 9.97 Å². The number of carbonyl (C=O) groups is 1. The SMILES string of the molecule is CCOC(=O)CNc1c(-c2ccc(C(F)(F)F)cc2)nc2nc(C)cc(C)n12. The largest absolute Gasteiger partial charge is 0.465 e. The van der Waals surface area contributed by atoms with Gasteiger partial charge >= 0.3 is 12.1 Å². The van der Waals surface area contributed by atoms with E-state index in [-0.39, 0.29) is 13.2 Å². The van der Waals surface area contributed by atoms with Crippen LogP contribution in [-0.4, -0.2) is 33.5 Å². The van der Waals surface area contributed by atoms with Crippen molar-refractivity contribution in [3.05, 3.63) is 47.3 Å². The number of esters is 1. The van der Waals surface area contributed by atoms with Gasteiger partial charge in [0.15, 0.2) is 0 Å². The Balaban J connectivity index is 2.09. The molecule has 2 heterocycles. The molecule has 148 valence electrons. The number of rotatable bonds is 5. The molecule has 0 bridgehead atoms. The van der Waals surface area contributed by atoms with E-state index in [1.54, 1.807) is 11.3 Å². The Kier molecular flexibility index (Phi) is 5.26. The number of nitrogens with zero attached hydrogens (tertiary/aromatic N) is 3. The lowest BCUT2D eigenvalue weighted by Crippen LogP contribution is -2.18. The Hall–Kier alpha value is -3.10. The quantitative estimate of drug-likeness (QED) is 0.665. The Morgan fingerprint density at radius 2 is 1.86 bits per heavy atom. The number of fused-ring (bicyclic) bond motifs is 1. The molecular formula is C19H19F3N4O2. The highest BCUT2D eigenvalue weighted by Gasteiger charge is 2.30. The summed E-state index contributed by atoms with van der Waals surface area (Å²) in [6.07, 6.45) is -4.42. The molecule has 6 nitrogen and oxygen atoms in total. The van der Waals surface area contributed by atoms with Gasteiger partial charge in [-0.3, -0.25) is 9.20 Å². The lowest BCUT2D eigenvalue weighted by molar-refractivity contribution is -0.141. The summed E-state index contributed by atoms with van der Waals surface area (Å²) >= 11 is 0. The zero-order chi connectivity index (χ0) is 20.5. The minimum Gasteiger partial charge on any atom is -0.465 e. The Labute approximate surface area is 159 Å². The average molecular weight is 392 g/mol. The summed E-state index contributed by atoms with van der Waals surface area (Å²) in [5.41, 5.74) is 1.71. The van der Waals surface area contributed by atoms with Crippen molar-refractivity contribution in [3.63, 3.8) is 0 Å². The number of aromatic nitrogens is 3. The fraction of sp³-hybridized carbons (Fsp3) is 0.316. The molecule has 28 heavy (non-hydrogen) atoms. The van der Waals surface area contributed by atoms with Crippen molar-refractivity contribution in [2.75, 3.05) is 18.5 Å². The summed E-state index contributed by atoms with van der Waals surface area (Å²) in [7, 11) is 0. The van der Waals surface area contributed by atoms with E-state index in [1.807, 2.05) is 19.9 Å². The number of alkyl halides is 3. The third-order valence-electron chi connectivity index (χ3n) is 4.10. The van der Waals surface area contributed by atoms with Crippen molar-refractivity contribution in [2.45, 2.75) is 26.9 Å². The normalized spacial score (nSPS) is 11.6. The number of carbonyl (C=O) groups excluding carboxylic acids is 1. The van der Waals surface area contributed by atoms with Crippen molar-refractivity contribution in [1.29, 1.82) is 0 Å². The molecule has 2 aromatic heterocycles. The zero-order valence-corrected chi connectivity index (χ0v) is 15.6. The van der Waals surface area contributed by atoms with Crippen molar-refractivity contribution in [3.8, 4) is 11.3 Å². The predicted molar refractivity (Wildman–Crippen MR) is 98.0 cm³/mol. The van der Waals surface area contributed by atoms with Crippen molar-refractivity contribution >= 4 is 17.6 Å². The molecule has 9 heteroatoms. The average Bonchev–Trinajstić information content (AvgIpc) is 2.98. The topological polar surface area (TPSA) is 68.5 Å². The number of anilines is 1. The van der Waals surface area contributed by atoms with E-state index < -0.39 is 17.7 Å². The first-order valence-corrected chi connectivity index (χ1v) is 8.64.